The molecule has 1 aromatic heterocycles. The fourth-order valence-electron chi connectivity index (χ4n) is 1.76. The van der Waals surface area contributed by atoms with Gasteiger partial charge in [-0.1, -0.05) is 29.3 Å². The molecule has 1 heterocycles. The number of anilines is 1. The van der Waals surface area contributed by atoms with Crippen LogP contribution in [0, 0.1) is 0 Å². The molecule has 2 rings (SSSR count). The molecule has 0 fully saturated rings. The Hall–Kier alpha value is -1.99. The quantitative estimate of drug-likeness (QED) is 0.789. The molecule has 0 radical (unpaired) electrons. The number of likely N-dealkylation sites (N-methyl/N-ethyl adjacent to an activating group) is 1. The molecule has 0 aliphatic carbocycles. The number of aromatic nitrogens is 1. The zero-order chi connectivity index (χ0) is 17.9. The van der Waals surface area contributed by atoms with Crippen molar-refractivity contribution in [3.05, 3.63) is 52.1 Å². The topological polar surface area (TPSA) is 42.4 Å². The van der Waals surface area contributed by atoms with Crippen molar-refractivity contribution in [2.24, 2.45) is 0 Å². The number of hydrogen-bond donors (Lipinski definition) is 0. The molecule has 1 amide bonds. The molecule has 0 saturated heterocycles. The van der Waals surface area contributed by atoms with Gasteiger partial charge in [-0.3, -0.25) is 4.79 Å². The molecule has 1 aromatic carbocycles. The van der Waals surface area contributed by atoms with E-state index < -0.39 is 24.4 Å². The van der Waals surface area contributed by atoms with Gasteiger partial charge < -0.3 is 9.64 Å². The molecule has 4 nitrogen and oxygen atoms in total. The number of carbonyl (C=O) groups excluding carboxylic acids is 1. The van der Waals surface area contributed by atoms with Crippen LogP contribution in [0.3, 0.4) is 0 Å². The smallest absolute Gasteiger partial charge is 0.433 e. The summed E-state index contributed by atoms with van der Waals surface area (Å²) in [6.45, 7) is -0.491. The summed E-state index contributed by atoms with van der Waals surface area (Å²) < 4.78 is 42.8. The number of nitrogens with zero attached hydrogens (tertiary/aromatic N) is 2. The van der Waals surface area contributed by atoms with Gasteiger partial charge in [0.25, 0.3) is 5.91 Å². The molecule has 0 aliphatic rings. The van der Waals surface area contributed by atoms with E-state index in [1.54, 1.807) is 0 Å². The Bertz CT molecular complexity index is 733. The highest BCUT2D eigenvalue weighted by molar-refractivity contribution is 6.35. The predicted molar refractivity (Wildman–Crippen MR) is 84.6 cm³/mol. The fourth-order valence-corrected chi connectivity index (χ4v) is 2.28. The van der Waals surface area contributed by atoms with Gasteiger partial charge in [-0.25, -0.2) is 4.98 Å². The highest BCUT2D eigenvalue weighted by atomic mass is 35.5. The predicted octanol–water partition coefficient (Wildman–Crippen LogP) is 4.45. The van der Waals surface area contributed by atoms with E-state index in [2.05, 4.69) is 4.98 Å². The molecule has 128 valence electrons. The van der Waals surface area contributed by atoms with Crippen LogP contribution in [0.5, 0.6) is 5.88 Å². The normalized spacial score (nSPS) is 11.2. The number of ether oxygens (including phenoxy) is 1. The Morgan fingerprint density at radius 3 is 2.42 bits per heavy atom. The Labute approximate surface area is 145 Å². The fraction of sp³-hybridized carbons (Fsp3) is 0.200. The van der Waals surface area contributed by atoms with E-state index in [1.807, 2.05) is 0 Å². The second-order valence-electron chi connectivity index (χ2n) is 4.73. The van der Waals surface area contributed by atoms with Gasteiger partial charge in [0.15, 0.2) is 6.61 Å². The maximum absolute atomic E-state index is 12.6. The SMILES string of the molecule is CN(C(=O)COc1cccc(C(F)(F)F)n1)c1cc(Cl)cc(Cl)c1. The molecule has 9 heteroatoms. The lowest BCUT2D eigenvalue weighted by molar-refractivity contribution is -0.141. The molecule has 0 spiro atoms. The average Bonchev–Trinajstić information content (AvgIpc) is 2.50. The van der Waals surface area contributed by atoms with Gasteiger partial charge >= 0.3 is 6.18 Å². The zero-order valence-electron chi connectivity index (χ0n) is 12.3. The summed E-state index contributed by atoms with van der Waals surface area (Å²) in [6, 6.07) is 7.75. The van der Waals surface area contributed by atoms with Crippen LogP contribution in [-0.2, 0) is 11.0 Å². The van der Waals surface area contributed by atoms with Crippen LogP contribution < -0.4 is 9.64 Å². The molecule has 2 aromatic rings. The summed E-state index contributed by atoms with van der Waals surface area (Å²) in [4.78, 5) is 16.6. The summed E-state index contributed by atoms with van der Waals surface area (Å²) in [7, 11) is 1.47. The maximum Gasteiger partial charge on any atom is 0.433 e. The Kier molecular flexibility index (Phi) is 5.56. The third kappa shape index (κ3) is 4.75. The first-order valence-corrected chi connectivity index (χ1v) is 7.32. The number of carbonyl (C=O) groups is 1. The van der Waals surface area contributed by atoms with Crippen molar-refractivity contribution in [1.82, 2.24) is 4.98 Å². The van der Waals surface area contributed by atoms with Gasteiger partial charge in [0.1, 0.15) is 5.69 Å². The Balaban J connectivity index is 2.05. The van der Waals surface area contributed by atoms with Gasteiger partial charge in [-0.05, 0) is 24.3 Å². The van der Waals surface area contributed by atoms with Crippen LogP contribution in [0.4, 0.5) is 18.9 Å². The second kappa shape index (κ2) is 7.27. The molecule has 0 saturated carbocycles. The van der Waals surface area contributed by atoms with Gasteiger partial charge in [-0.15, -0.1) is 0 Å². The first-order chi connectivity index (χ1) is 11.2. The number of amides is 1. The van der Waals surface area contributed by atoms with Crippen molar-refractivity contribution in [2.45, 2.75) is 6.18 Å². The Morgan fingerprint density at radius 2 is 1.83 bits per heavy atom. The maximum atomic E-state index is 12.6. The van der Waals surface area contributed by atoms with Crippen molar-refractivity contribution in [3.8, 4) is 5.88 Å². The van der Waals surface area contributed by atoms with Crippen LogP contribution in [0.25, 0.3) is 0 Å². The minimum atomic E-state index is -4.59. The van der Waals surface area contributed by atoms with E-state index in [9.17, 15) is 18.0 Å². The lowest BCUT2D eigenvalue weighted by atomic mass is 10.3. The molecule has 24 heavy (non-hydrogen) atoms. The van der Waals surface area contributed by atoms with Crippen LogP contribution in [0.2, 0.25) is 10.0 Å². The van der Waals surface area contributed by atoms with E-state index in [1.165, 1.54) is 36.2 Å². The number of rotatable bonds is 4. The van der Waals surface area contributed by atoms with Crippen molar-refractivity contribution >= 4 is 34.8 Å². The summed E-state index contributed by atoms with van der Waals surface area (Å²) in [6.07, 6.45) is -4.59. The second-order valence-corrected chi connectivity index (χ2v) is 5.60. The summed E-state index contributed by atoms with van der Waals surface area (Å²) in [5, 5.41) is 0.690. The molecular weight excluding hydrogens is 368 g/mol. The van der Waals surface area contributed by atoms with E-state index in [-0.39, 0.29) is 5.88 Å². The van der Waals surface area contributed by atoms with Gasteiger partial charge in [-0.2, -0.15) is 13.2 Å². The largest absolute Gasteiger partial charge is 0.468 e. The van der Waals surface area contributed by atoms with Crippen molar-refractivity contribution in [3.63, 3.8) is 0 Å². The number of alkyl halides is 3. The number of benzene rings is 1. The van der Waals surface area contributed by atoms with Crippen molar-refractivity contribution in [1.29, 1.82) is 0 Å². The number of pyridine rings is 1. The van der Waals surface area contributed by atoms with Crippen LogP contribution in [0.15, 0.2) is 36.4 Å². The van der Waals surface area contributed by atoms with E-state index in [0.717, 1.165) is 12.1 Å². The van der Waals surface area contributed by atoms with Gasteiger partial charge in [0, 0.05) is 28.8 Å². The standard InChI is InChI=1S/C15H11Cl2F3N2O2/c1-22(11-6-9(16)5-10(17)7-11)14(23)8-24-13-4-2-3-12(21-13)15(18,19)20/h2-7H,8H2,1H3. The van der Waals surface area contributed by atoms with Crippen LogP contribution >= 0.6 is 23.2 Å². The molecule has 0 atom stereocenters. The minimum absolute atomic E-state index is 0.296. The first-order valence-electron chi connectivity index (χ1n) is 6.56. The highest BCUT2D eigenvalue weighted by Gasteiger charge is 2.32. The number of hydrogen-bond acceptors (Lipinski definition) is 3. The minimum Gasteiger partial charge on any atom is -0.468 e. The van der Waals surface area contributed by atoms with Gasteiger partial charge in [0.2, 0.25) is 5.88 Å². The molecular formula is C15H11Cl2F3N2O2. The lowest BCUT2D eigenvalue weighted by Crippen LogP contribution is -2.31. The number of halogens is 5. The third-order valence-corrected chi connectivity index (χ3v) is 3.40. The van der Waals surface area contributed by atoms with Crippen LogP contribution in [0.1, 0.15) is 5.69 Å². The Morgan fingerprint density at radius 1 is 1.21 bits per heavy atom. The monoisotopic (exact) mass is 378 g/mol. The van der Waals surface area contributed by atoms with E-state index in [0.29, 0.717) is 15.7 Å². The molecule has 0 aliphatic heterocycles. The van der Waals surface area contributed by atoms with Crippen LogP contribution in [-0.4, -0.2) is 24.5 Å². The zero-order valence-corrected chi connectivity index (χ0v) is 13.8. The van der Waals surface area contributed by atoms with Gasteiger partial charge in [0.05, 0.1) is 0 Å². The molecule has 0 bridgehead atoms. The summed E-state index contributed by atoms with van der Waals surface area (Å²) >= 11 is 11.7. The highest BCUT2D eigenvalue weighted by Crippen LogP contribution is 2.28. The first kappa shape index (κ1) is 18.4. The average molecular weight is 379 g/mol. The van der Waals surface area contributed by atoms with Crippen molar-refractivity contribution in [2.75, 3.05) is 18.6 Å². The lowest BCUT2D eigenvalue weighted by Gasteiger charge is -2.18. The third-order valence-electron chi connectivity index (χ3n) is 2.97. The van der Waals surface area contributed by atoms with E-state index >= 15 is 0 Å². The summed E-state index contributed by atoms with van der Waals surface area (Å²) in [5.74, 6) is -0.803. The molecule has 0 unspecified atom stereocenters. The summed E-state index contributed by atoms with van der Waals surface area (Å²) in [5.41, 5.74) is -0.666. The van der Waals surface area contributed by atoms with E-state index in [4.69, 9.17) is 27.9 Å². The van der Waals surface area contributed by atoms with Crippen molar-refractivity contribution < 1.29 is 22.7 Å². The molecule has 0 N–H and O–H groups in total.